The summed E-state index contributed by atoms with van der Waals surface area (Å²) < 4.78 is 7.78. The van der Waals surface area contributed by atoms with Gasteiger partial charge >= 0.3 is 0 Å². The Morgan fingerprint density at radius 3 is 2.62 bits per heavy atom. The molecule has 0 amide bonds. The van der Waals surface area contributed by atoms with E-state index in [1.807, 2.05) is 20.0 Å². The molecule has 0 bridgehead atoms. The molecule has 5 rings (SSSR count). The summed E-state index contributed by atoms with van der Waals surface area (Å²) in [6.07, 6.45) is 8.54. The predicted molar refractivity (Wildman–Crippen MR) is 101 cm³/mol. The molecule has 1 aliphatic heterocycles. The topological polar surface area (TPSA) is 60.0 Å². The Kier molecular flexibility index (Phi) is 3.72. The monoisotopic (exact) mass is 351 g/mol. The smallest absolute Gasteiger partial charge is 0.208 e. The second-order valence-corrected chi connectivity index (χ2v) is 7.78. The van der Waals surface area contributed by atoms with Crippen LogP contribution in [0.2, 0.25) is 0 Å². The number of anilines is 1. The minimum atomic E-state index is 0.759. The Balaban J connectivity index is 1.63. The van der Waals surface area contributed by atoms with Gasteiger partial charge in [-0.05, 0) is 45.1 Å². The van der Waals surface area contributed by atoms with Gasteiger partial charge in [0.2, 0.25) is 5.95 Å². The van der Waals surface area contributed by atoms with Crippen molar-refractivity contribution in [3.8, 4) is 11.1 Å². The summed E-state index contributed by atoms with van der Waals surface area (Å²) in [5.74, 6) is 2.70. The summed E-state index contributed by atoms with van der Waals surface area (Å²) in [6, 6.07) is 2.22. The van der Waals surface area contributed by atoms with Gasteiger partial charge in [0, 0.05) is 37.0 Å². The largest absolute Gasteiger partial charge is 0.361 e. The lowest BCUT2D eigenvalue weighted by Crippen LogP contribution is -2.39. The van der Waals surface area contributed by atoms with Crippen molar-refractivity contribution in [1.29, 1.82) is 0 Å². The molecule has 0 unspecified atom stereocenters. The minimum Gasteiger partial charge on any atom is -0.361 e. The number of fused-ring (bicyclic) bond motifs is 1. The number of nitrogens with zero attached hydrogens (tertiary/aromatic N) is 5. The summed E-state index contributed by atoms with van der Waals surface area (Å²) in [5, 5.41) is 4.10. The van der Waals surface area contributed by atoms with E-state index in [9.17, 15) is 0 Å². The molecule has 1 aliphatic carbocycles. The van der Waals surface area contributed by atoms with Gasteiger partial charge in [0.15, 0.2) is 5.65 Å². The van der Waals surface area contributed by atoms with Gasteiger partial charge in [-0.15, -0.1) is 0 Å². The fraction of sp³-hybridized carbons (Fsp3) is 0.550. The van der Waals surface area contributed by atoms with Crippen molar-refractivity contribution in [1.82, 2.24) is 19.7 Å². The summed E-state index contributed by atoms with van der Waals surface area (Å²) >= 11 is 0. The first-order chi connectivity index (χ1) is 12.7. The van der Waals surface area contributed by atoms with E-state index in [4.69, 9.17) is 9.51 Å². The maximum absolute atomic E-state index is 5.36. The van der Waals surface area contributed by atoms with E-state index in [0.29, 0.717) is 0 Å². The van der Waals surface area contributed by atoms with Crippen LogP contribution in [-0.2, 0) is 6.54 Å². The van der Waals surface area contributed by atoms with Crippen LogP contribution in [0.3, 0.4) is 0 Å². The van der Waals surface area contributed by atoms with Gasteiger partial charge in [0.1, 0.15) is 5.76 Å². The lowest BCUT2D eigenvalue weighted by Gasteiger charge is -2.32. The summed E-state index contributed by atoms with van der Waals surface area (Å²) in [7, 11) is 0. The number of imidazole rings is 1. The Morgan fingerprint density at radius 1 is 1.15 bits per heavy atom. The van der Waals surface area contributed by atoms with Crippen LogP contribution in [0.1, 0.15) is 43.6 Å². The van der Waals surface area contributed by atoms with Gasteiger partial charge in [0.25, 0.3) is 0 Å². The zero-order valence-corrected chi connectivity index (χ0v) is 15.5. The average molecular weight is 351 g/mol. The number of rotatable bonds is 4. The van der Waals surface area contributed by atoms with E-state index in [1.54, 1.807) is 0 Å². The van der Waals surface area contributed by atoms with Gasteiger partial charge < -0.3 is 14.0 Å². The number of hydrogen-bond donors (Lipinski definition) is 0. The van der Waals surface area contributed by atoms with Crippen LogP contribution in [-0.4, -0.2) is 32.8 Å². The molecule has 3 aromatic heterocycles. The lowest BCUT2D eigenvalue weighted by atomic mass is 10.1. The van der Waals surface area contributed by atoms with Crippen LogP contribution < -0.4 is 4.90 Å². The Labute approximate surface area is 153 Å². The minimum absolute atomic E-state index is 0.759. The van der Waals surface area contributed by atoms with E-state index < -0.39 is 0 Å². The first kappa shape index (κ1) is 15.9. The molecule has 26 heavy (non-hydrogen) atoms. The quantitative estimate of drug-likeness (QED) is 0.708. The normalized spacial score (nSPS) is 18.0. The van der Waals surface area contributed by atoms with Crippen molar-refractivity contribution in [2.75, 3.05) is 18.0 Å². The third-order valence-electron chi connectivity index (χ3n) is 5.96. The second kappa shape index (κ2) is 6.11. The highest BCUT2D eigenvalue weighted by atomic mass is 16.5. The first-order valence-corrected chi connectivity index (χ1v) is 9.75. The van der Waals surface area contributed by atoms with Crippen molar-refractivity contribution in [3.63, 3.8) is 0 Å². The molecule has 6 nitrogen and oxygen atoms in total. The zero-order valence-electron chi connectivity index (χ0n) is 15.5. The molecule has 6 heteroatoms. The second-order valence-electron chi connectivity index (χ2n) is 7.78. The molecule has 0 radical (unpaired) electrons. The summed E-state index contributed by atoms with van der Waals surface area (Å²) in [4.78, 5) is 12.0. The van der Waals surface area contributed by atoms with Crippen LogP contribution in [0.5, 0.6) is 0 Å². The van der Waals surface area contributed by atoms with Gasteiger partial charge in [-0.2, -0.15) is 4.98 Å². The molecule has 1 saturated heterocycles. The number of aromatic nitrogens is 4. The van der Waals surface area contributed by atoms with Crippen LogP contribution in [0.4, 0.5) is 5.95 Å². The molecule has 4 heterocycles. The predicted octanol–water partition coefficient (Wildman–Crippen LogP) is 4.10. The highest BCUT2D eigenvalue weighted by molar-refractivity contribution is 5.82. The lowest BCUT2D eigenvalue weighted by molar-refractivity contribution is 0.393. The molecule has 2 aliphatic rings. The highest BCUT2D eigenvalue weighted by Gasteiger charge is 2.26. The standard InChI is InChI=1S/C20H25N5O/c1-13-18(14(2)26-23-13)16-10-17-19(21-11-16)22-20(24-8-5-9-24)25(17)12-15-6-3-4-7-15/h10-11,15H,3-9,12H2,1-2H3. The third kappa shape index (κ3) is 2.50. The van der Waals surface area contributed by atoms with Crippen molar-refractivity contribution >= 4 is 17.1 Å². The van der Waals surface area contributed by atoms with E-state index in [0.717, 1.165) is 65.2 Å². The van der Waals surface area contributed by atoms with Gasteiger partial charge in [0.05, 0.1) is 11.2 Å². The molecule has 136 valence electrons. The fourth-order valence-electron chi connectivity index (χ4n) is 4.41. The Bertz CT molecular complexity index is 927. The Morgan fingerprint density at radius 2 is 1.96 bits per heavy atom. The average Bonchev–Trinajstić information content (AvgIpc) is 3.28. The van der Waals surface area contributed by atoms with Crippen LogP contribution in [0.15, 0.2) is 16.8 Å². The maximum Gasteiger partial charge on any atom is 0.208 e. The van der Waals surface area contributed by atoms with Crippen molar-refractivity contribution in [2.45, 2.75) is 52.5 Å². The van der Waals surface area contributed by atoms with Gasteiger partial charge in [-0.3, -0.25) is 0 Å². The van der Waals surface area contributed by atoms with Crippen molar-refractivity contribution in [3.05, 3.63) is 23.7 Å². The van der Waals surface area contributed by atoms with E-state index in [2.05, 4.69) is 25.7 Å². The van der Waals surface area contributed by atoms with E-state index in [1.165, 1.54) is 32.1 Å². The SMILES string of the molecule is Cc1noc(C)c1-c1cnc2nc(N3CCC3)n(CC3CCCC3)c2c1. The Hall–Kier alpha value is -2.37. The first-order valence-electron chi connectivity index (χ1n) is 9.75. The molecule has 2 fully saturated rings. The highest BCUT2D eigenvalue weighted by Crippen LogP contribution is 2.34. The van der Waals surface area contributed by atoms with Gasteiger partial charge in [-0.25, -0.2) is 4.98 Å². The fourth-order valence-corrected chi connectivity index (χ4v) is 4.41. The molecule has 0 atom stereocenters. The molecule has 0 spiro atoms. The zero-order chi connectivity index (χ0) is 17.7. The molecular weight excluding hydrogens is 326 g/mol. The molecule has 0 N–H and O–H groups in total. The number of hydrogen-bond acceptors (Lipinski definition) is 5. The summed E-state index contributed by atoms with van der Waals surface area (Å²) in [6.45, 7) is 7.20. The van der Waals surface area contributed by atoms with Crippen molar-refractivity contribution < 1.29 is 4.52 Å². The maximum atomic E-state index is 5.36. The third-order valence-corrected chi connectivity index (χ3v) is 5.96. The van der Waals surface area contributed by atoms with Crippen LogP contribution >= 0.6 is 0 Å². The van der Waals surface area contributed by atoms with Crippen molar-refractivity contribution in [2.24, 2.45) is 5.92 Å². The van der Waals surface area contributed by atoms with Crippen LogP contribution in [0, 0.1) is 19.8 Å². The molecule has 0 aromatic carbocycles. The van der Waals surface area contributed by atoms with E-state index >= 15 is 0 Å². The van der Waals surface area contributed by atoms with Crippen LogP contribution in [0.25, 0.3) is 22.3 Å². The number of pyridine rings is 1. The summed E-state index contributed by atoms with van der Waals surface area (Å²) in [5.41, 5.74) is 5.01. The molecule has 1 saturated carbocycles. The van der Waals surface area contributed by atoms with E-state index in [-0.39, 0.29) is 0 Å². The molecular formula is C20H25N5O. The van der Waals surface area contributed by atoms with Gasteiger partial charge in [-0.1, -0.05) is 18.0 Å². The number of aryl methyl sites for hydroxylation is 2. The molecule has 3 aromatic rings.